The normalized spacial score (nSPS) is 11.3. The van der Waals surface area contributed by atoms with Crippen LogP contribution < -0.4 is 30.4 Å². The van der Waals surface area contributed by atoms with E-state index < -0.39 is 17.3 Å². The van der Waals surface area contributed by atoms with Gasteiger partial charge in [0.2, 0.25) is 12.1 Å². The van der Waals surface area contributed by atoms with Crippen molar-refractivity contribution in [2.75, 3.05) is 31.9 Å². The minimum Gasteiger partial charge on any atom is -0.618 e. The first kappa shape index (κ1) is 30.7. The van der Waals surface area contributed by atoms with Crippen LogP contribution in [0.3, 0.4) is 0 Å². The van der Waals surface area contributed by atoms with Crippen LogP contribution >= 0.6 is 23.2 Å². The average Bonchev–Trinajstić information content (AvgIpc) is 2.92. The van der Waals surface area contributed by atoms with E-state index in [1.807, 2.05) is 0 Å². The number of carbonyl (C=O) groups excluding carboxylic acids is 1. The van der Waals surface area contributed by atoms with Gasteiger partial charge in [0.1, 0.15) is 28.4 Å². The number of methoxy groups -OCH3 is 2. The number of rotatable bonds is 8. The van der Waals surface area contributed by atoms with E-state index >= 15 is 0 Å². The maximum atomic E-state index is 14.0. The number of amides is 1. The Kier molecular flexibility index (Phi) is 8.97. The van der Waals surface area contributed by atoms with Crippen LogP contribution in [0.25, 0.3) is 22.2 Å². The number of benzene rings is 1. The summed E-state index contributed by atoms with van der Waals surface area (Å²) in [6.07, 6.45) is 2.25. The minimum atomic E-state index is -0.691. The van der Waals surface area contributed by atoms with Crippen molar-refractivity contribution in [3.8, 4) is 22.6 Å². The van der Waals surface area contributed by atoms with Crippen LogP contribution in [0.1, 0.15) is 26.5 Å². The fourth-order valence-electron chi connectivity index (χ4n) is 4.22. The first-order valence-electron chi connectivity index (χ1n) is 12.8. The van der Waals surface area contributed by atoms with E-state index in [4.69, 9.17) is 37.4 Å². The number of anilines is 2. The molecule has 2 N–H and O–H groups in total. The highest BCUT2D eigenvalue weighted by Gasteiger charge is 2.24. The molecule has 3 heterocycles. The maximum Gasteiger partial charge on any atom is 0.412 e. The predicted molar refractivity (Wildman–Crippen MR) is 161 cm³/mol. The monoisotopic (exact) mass is 616 g/mol. The number of nitrogens with one attached hydrogen (secondary N) is 2. The zero-order valence-corrected chi connectivity index (χ0v) is 25.4. The lowest BCUT2D eigenvalue weighted by atomic mass is 10.0. The van der Waals surface area contributed by atoms with Crippen molar-refractivity contribution in [1.82, 2.24) is 14.5 Å². The molecule has 0 aliphatic heterocycles. The fraction of sp³-hybridized carbons (Fsp3) is 0.321. The van der Waals surface area contributed by atoms with Gasteiger partial charge in [0.05, 0.1) is 36.2 Å². The number of carbonyl (C=O) groups is 1. The highest BCUT2D eigenvalue weighted by atomic mass is 35.5. The Bertz CT molecular complexity index is 1690. The van der Waals surface area contributed by atoms with Crippen molar-refractivity contribution in [3.05, 3.63) is 68.0 Å². The smallest absolute Gasteiger partial charge is 0.412 e. The molecular formula is C28H30Cl2N6O6. The number of fused-ring (bicyclic) bond motifs is 1. The van der Waals surface area contributed by atoms with Gasteiger partial charge in [-0.1, -0.05) is 23.2 Å². The Morgan fingerprint density at radius 2 is 1.79 bits per heavy atom. The standard InChI is InChI=1S/C28H30Cl2N6O6/c1-28(2,3)42-27(38)33-16-7-8-17(36(39)14-16)9-10-35-24-15(13-32-26(31-4)34-24)11-18(25(35)37)21-22(29)19(40-5)12-20(41-6)23(21)30/h7-8,11-14H,9-10H2,1-6H3,(H,33,38)(H,31,32,34). The first-order valence-corrected chi connectivity index (χ1v) is 13.5. The molecule has 0 aliphatic carbocycles. The SMILES string of the molecule is CNc1ncc2cc(-c3c(Cl)c(OC)cc(OC)c3Cl)c(=O)n(CCc3ccc(NC(=O)OC(C)(C)C)c[n+]3[O-])c2n1. The van der Waals surface area contributed by atoms with E-state index in [0.29, 0.717) is 27.4 Å². The quantitative estimate of drug-likeness (QED) is 0.205. The van der Waals surface area contributed by atoms with Crippen LogP contribution in [0.4, 0.5) is 16.4 Å². The summed E-state index contributed by atoms with van der Waals surface area (Å²) in [6.45, 7) is 5.28. The Hall–Kier alpha value is -4.29. The molecular weight excluding hydrogens is 587 g/mol. The molecule has 0 aliphatic rings. The third kappa shape index (κ3) is 6.44. The Labute approximate surface area is 251 Å². The van der Waals surface area contributed by atoms with Gasteiger partial charge in [-0.2, -0.15) is 9.71 Å². The average molecular weight is 617 g/mol. The van der Waals surface area contributed by atoms with Crippen LogP contribution in [0, 0.1) is 5.21 Å². The molecule has 0 spiro atoms. The van der Waals surface area contributed by atoms with E-state index in [1.165, 1.54) is 31.0 Å². The van der Waals surface area contributed by atoms with Crippen LogP contribution in [0.2, 0.25) is 10.0 Å². The lowest BCUT2D eigenvalue weighted by Gasteiger charge is -2.19. The third-order valence-electron chi connectivity index (χ3n) is 6.13. The molecule has 4 rings (SSSR count). The third-order valence-corrected chi connectivity index (χ3v) is 6.88. The number of aromatic nitrogens is 4. The molecule has 0 fully saturated rings. The van der Waals surface area contributed by atoms with Crippen molar-refractivity contribution < 1.29 is 23.7 Å². The molecule has 0 atom stereocenters. The molecule has 0 bridgehead atoms. The van der Waals surface area contributed by atoms with E-state index in [-0.39, 0.29) is 51.3 Å². The summed E-state index contributed by atoms with van der Waals surface area (Å²) in [7, 11) is 4.54. The second kappa shape index (κ2) is 12.3. The summed E-state index contributed by atoms with van der Waals surface area (Å²) in [4.78, 5) is 34.9. The van der Waals surface area contributed by atoms with Gasteiger partial charge in [-0.25, -0.2) is 9.78 Å². The van der Waals surface area contributed by atoms with E-state index in [0.717, 1.165) is 0 Å². The van der Waals surface area contributed by atoms with Gasteiger partial charge in [-0.3, -0.25) is 14.7 Å². The first-order chi connectivity index (χ1) is 19.9. The van der Waals surface area contributed by atoms with Crippen LogP contribution in [-0.2, 0) is 17.7 Å². The van der Waals surface area contributed by atoms with Crippen molar-refractivity contribution in [2.45, 2.75) is 39.3 Å². The molecule has 222 valence electrons. The van der Waals surface area contributed by atoms with Crippen molar-refractivity contribution >= 4 is 52.0 Å². The Balaban J connectivity index is 1.77. The summed E-state index contributed by atoms with van der Waals surface area (Å²) in [5, 5.41) is 19.0. The Morgan fingerprint density at radius 1 is 1.12 bits per heavy atom. The zero-order valence-electron chi connectivity index (χ0n) is 23.9. The number of pyridine rings is 2. The minimum absolute atomic E-state index is 0.0702. The number of nitrogens with zero attached hydrogens (tertiary/aromatic N) is 4. The predicted octanol–water partition coefficient (Wildman–Crippen LogP) is 5.05. The molecule has 0 unspecified atom stereocenters. The van der Waals surface area contributed by atoms with Crippen LogP contribution in [0.15, 0.2) is 41.5 Å². The second-order valence-electron chi connectivity index (χ2n) is 10.1. The fourth-order valence-corrected chi connectivity index (χ4v) is 4.92. The summed E-state index contributed by atoms with van der Waals surface area (Å²) in [5.74, 6) is 0.848. The van der Waals surface area contributed by atoms with E-state index in [2.05, 4.69) is 20.6 Å². The van der Waals surface area contributed by atoms with Crippen molar-refractivity contribution in [2.24, 2.45) is 0 Å². The summed E-state index contributed by atoms with van der Waals surface area (Å²) >= 11 is 13.3. The lowest BCUT2D eigenvalue weighted by molar-refractivity contribution is -0.613. The molecule has 3 aromatic heterocycles. The van der Waals surface area contributed by atoms with Gasteiger partial charge < -0.3 is 24.7 Å². The molecule has 42 heavy (non-hydrogen) atoms. The van der Waals surface area contributed by atoms with Gasteiger partial charge in [-0.15, -0.1) is 0 Å². The molecule has 4 aromatic rings. The van der Waals surface area contributed by atoms with Gasteiger partial charge >= 0.3 is 6.09 Å². The van der Waals surface area contributed by atoms with Crippen molar-refractivity contribution in [1.29, 1.82) is 0 Å². The van der Waals surface area contributed by atoms with Crippen LogP contribution in [-0.4, -0.2) is 47.5 Å². The molecule has 1 aromatic carbocycles. The highest BCUT2D eigenvalue weighted by Crippen LogP contribution is 2.45. The number of aryl methyl sites for hydroxylation is 2. The molecule has 1 amide bonds. The zero-order chi connectivity index (χ0) is 30.8. The van der Waals surface area contributed by atoms with Crippen molar-refractivity contribution in [3.63, 3.8) is 0 Å². The Morgan fingerprint density at radius 3 is 2.36 bits per heavy atom. The number of halogens is 2. The van der Waals surface area contributed by atoms with Gasteiger partial charge in [0, 0.05) is 42.9 Å². The summed E-state index contributed by atoms with van der Waals surface area (Å²) in [6, 6.07) is 6.27. The number of hydrogen-bond acceptors (Lipinski definition) is 9. The van der Waals surface area contributed by atoms with Gasteiger partial charge in [0.15, 0.2) is 5.69 Å². The largest absolute Gasteiger partial charge is 0.618 e. The number of hydrogen-bond donors (Lipinski definition) is 2. The highest BCUT2D eigenvalue weighted by molar-refractivity contribution is 6.41. The summed E-state index contributed by atoms with van der Waals surface area (Å²) in [5.41, 5.74) is 0.191. The lowest BCUT2D eigenvalue weighted by Crippen LogP contribution is -2.34. The topological polar surface area (TPSA) is 144 Å². The molecule has 0 radical (unpaired) electrons. The summed E-state index contributed by atoms with van der Waals surface area (Å²) < 4.78 is 18.1. The molecule has 12 nitrogen and oxygen atoms in total. The molecule has 0 saturated carbocycles. The van der Waals surface area contributed by atoms with Gasteiger partial charge in [0.25, 0.3) is 5.56 Å². The maximum absolute atomic E-state index is 14.0. The number of ether oxygens (including phenoxy) is 3. The van der Waals surface area contributed by atoms with Gasteiger partial charge in [-0.05, 0) is 32.9 Å². The van der Waals surface area contributed by atoms with Crippen LogP contribution in [0.5, 0.6) is 11.5 Å². The van der Waals surface area contributed by atoms with E-state index in [1.54, 1.807) is 52.2 Å². The van der Waals surface area contributed by atoms with E-state index in [9.17, 15) is 14.8 Å². The molecule has 14 heteroatoms. The molecule has 0 saturated heterocycles. The second-order valence-corrected chi connectivity index (χ2v) is 10.9.